The van der Waals surface area contributed by atoms with Crippen molar-refractivity contribution in [1.82, 2.24) is 10.2 Å². The molecule has 0 aliphatic rings. The molecule has 0 spiro atoms. The molecule has 0 bridgehead atoms. The second-order valence-corrected chi connectivity index (χ2v) is 4.83. The third kappa shape index (κ3) is 5.67. The van der Waals surface area contributed by atoms with Crippen molar-refractivity contribution in [2.75, 3.05) is 47.0 Å². The summed E-state index contributed by atoms with van der Waals surface area (Å²) in [5.74, 6) is -1.64. The van der Waals surface area contributed by atoms with Crippen molar-refractivity contribution in [1.29, 1.82) is 0 Å². The molecule has 6 heteroatoms. The molecule has 1 unspecified atom stereocenters. The monoisotopic (exact) mass is 302 g/mol. The summed E-state index contributed by atoms with van der Waals surface area (Å²) in [7, 11) is 3.34. The van der Waals surface area contributed by atoms with Gasteiger partial charge in [-0.15, -0.1) is 0 Å². The van der Waals surface area contributed by atoms with E-state index in [1.54, 1.807) is 20.2 Å². The van der Waals surface area contributed by atoms with Gasteiger partial charge in [0.15, 0.2) is 11.6 Å². The molecular weight excluding hydrogens is 278 g/mol. The predicted octanol–water partition coefficient (Wildman–Crippen LogP) is 1.56. The summed E-state index contributed by atoms with van der Waals surface area (Å²) in [6, 6.07) is 3.94. The van der Waals surface area contributed by atoms with Crippen molar-refractivity contribution < 1.29 is 18.6 Å². The summed E-state index contributed by atoms with van der Waals surface area (Å²) in [5, 5.41) is 12.1. The van der Waals surface area contributed by atoms with E-state index in [9.17, 15) is 8.78 Å². The lowest BCUT2D eigenvalue weighted by Crippen LogP contribution is -2.33. The molecule has 1 aromatic carbocycles. The highest BCUT2D eigenvalue weighted by molar-refractivity contribution is 5.22. The molecule has 1 aromatic rings. The second-order valence-electron chi connectivity index (χ2n) is 4.83. The third-order valence-electron chi connectivity index (χ3n) is 3.47. The Labute approximate surface area is 124 Å². The van der Waals surface area contributed by atoms with Gasteiger partial charge in [-0.1, -0.05) is 12.1 Å². The Morgan fingerprint density at radius 1 is 1.29 bits per heavy atom. The molecule has 0 amide bonds. The molecule has 0 aliphatic heterocycles. The van der Waals surface area contributed by atoms with Gasteiger partial charge >= 0.3 is 0 Å². The van der Waals surface area contributed by atoms with Gasteiger partial charge in [0.05, 0.1) is 13.2 Å². The zero-order valence-electron chi connectivity index (χ0n) is 12.6. The molecule has 0 radical (unpaired) electrons. The average Bonchev–Trinajstić information content (AvgIpc) is 2.49. The summed E-state index contributed by atoms with van der Waals surface area (Å²) >= 11 is 0. The highest BCUT2D eigenvalue weighted by atomic mass is 19.2. The Kier molecular flexibility index (Phi) is 8.37. The molecule has 21 heavy (non-hydrogen) atoms. The van der Waals surface area contributed by atoms with Crippen LogP contribution in [0.3, 0.4) is 0 Å². The number of ether oxygens (including phenoxy) is 1. The largest absolute Gasteiger partial charge is 0.395 e. The standard InChI is InChI=1S/C15H24F2N2O2/c1-18-14(12-4-3-5-13(16)15(12)17)6-7-19(8-10-20)9-11-21-2/h3-5,14,18,20H,6-11H2,1-2H3. The Morgan fingerprint density at radius 3 is 2.67 bits per heavy atom. The second kappa shape index (κ2) is 9.78. The van der Waals surface area contributed by atoms with Crippen LogP contribution in [0.25, 0.3) is 0 Å². The molecule has 0 fully saturated rings. The highest BCUT2D eigenvalue weighted by Gasteiger charge is 2.17. The number of rotatable bonds is 10. The maximum Gasteiger partial charge on any atom is 0.163 e. The predicted molar refractivity (Wildman–Crippen MR) is 78.2 cm³/mol. The van der Waals surface area contributed by atoms with E-state index in [2.05, 4.69) is 5.32 Å². The van der Waals surface area contributed by atoms with E-state index in [-0.39, 0.29) is 12.6 Å². The molecule has 1 rings (SSSR count). The number of hydrogen-bond acceptors (Lipinski definition) is 4. The molecule has 0 saturated heterocycles. The van der Waals surface area contributed by atoms with Gasteiger partial charge in [-0.25, -0.2) is 8.78 Å². The highest BCUT2D eigenvalue weighted by Crippen LogP contribution is 2.22. The van der Waals surface area contributed by atoms with Gasteiger partial charge < -0.3 is 15.2 Å². The molecular formula is C15H24F2N2O2. The Hall–Kier alpha value is -1.08. The lowest BCUT2D eigenvalue weighted by molar-refractivity contribution is 0.128. The summed E-state index contributed by atoms with van der Waals surface area (Å²) in [6.45, 7) is 2.51. The molecule has 0 saturated carbocycles. The Bertz CT molecular complexity index is 419. The molecule has 2 N–H and O–H groups in total. The molecule has 120 valence electrons. The lowest BCUT2D eigenvalue weighted by atomic mass is 10.0. The minimum absolute atomic E-state index is 0.0578. The molecule has 0 heterocycles. The first-order valence-corrected chi connectivity index (χ1v) is 7.07. The van der Waals surface area contributed by atoms with Crippen LogP contribution in [0.5, 0.6) is 0 Å². The maximum atomic E-state index is 13.8. The van der Waals surface area contributed by atoms with Gasteiger partial charge in [-0.05, 0) is 19.5 Å². The van der Waals surface area contributed by atoms with E-state index in [4.69, 9.17) is 9.84 Å². The van der Waals surface area contributed by atoms with Gasteiger partial charge in [0, 0.05) is 38.3 Å². The van der Waals surface area contributed by atoms with Crippen molar-refractivity contribution in [2.24, 2.45) is 0 Å². The summed E-state index contributed by atoms with van der Waals surface area (Å²) in [5.41, 5.74) is 0.327. The van der Waals surface area contributed by atoms with E-state index in [0.29, 0.717) is 38.2 Å². The van der Waals surface area contributed by atoms with Gasteiger partial charge in [0.1, 0.15) is 0 Å². The topological polar surface area (TPSA) is 44.7 Å². The van der Waals surface area contributed by atoms with Crippen LogP contribution in [0.15, 0.2) is 18.2 Å². The summed E-state index contributed by atoms with van der Waals surface area (Å²) < 4.78 is 32.1. The zero-order valence-corrected chi connectivity index (χ0v) is 12.6. The van der Waals surface area contributed by atoms with E-state index in [0.717, 1.165) is 6.07 Å². The van der Waals surface area contributed by atoms with Crippen LogP contribution in [-0.4, -0.2) is 57.0 Å². The number of halogens is 2. The summed E-state index contributed by atoms with van der Waals surface area (Å²) in [4.78, 5) is 2.03. The molecule has 4 nitrogen and oxygen atoms in total. The Morgan fingerprint density at radius 2 is 2.05 bits per heavy atom. The first-order chi connectivity index (χ1) is 10.1. The van der Waals surface area contributed by atoms with Crippen molar-refractivity contribution >= 4 is 0 Å². The van der Waals surface area contributed by atoms with Crippen molar-refractivity contribution in [2.45, 2.75) is 12.5 Å². The lowest BCUT2D eigenvalue weighted by Gasteiger charge is -2.24. The fourth-order valence-corrected chi connectivity index (χ4v) is 2.25. The number of nitrogens with one attached hydrogen (secondary N) is 1. The van der Waals surface area contributed by atoms with Gasteiger partial charge in [0.2, 0.25) is 0 Å². The summed E-state index contributed by atoms with van der Waals surface area (Å²) in [6.07, 6.45) is 0.612. The number of nitrogens with zero attached hydrogens (tertiary/aromatic N) is 1. The van der Waals surface area contributed by atoms with Crippen LogP contribution in [0, 0.1) is 11.6 Å². The minimum Gasteiger partial charge on any atom is -0.395 e. The van der Waals surface area contributed by atoms with Crippen LogP contribution < -0.4 is 5.32 Å². The van der Waals surface area contributed by atoms with Gasteiger partial charge in [-0.2, -0.15) is 0 Å². The fraction of sp³-hybridized carbons (Fsp3) is 0.600. The normalized spacial score (nSPS) is 12.9. The quantitative estimate of drug-likeness (QED) is 0.688. The molecule has 1 atom stereocenters. The number of hydrogen-bond donors (Lipinski definition) is 2. The SMILES string of the molecule is CNC(CCN(CCO)CCOC)c1cccc(F)c1F. The minimum atomic E-state index is -0.834. The van der Waals surface area contributed by atoms with Gasteiger partial charge in [0.25, 0.3) is 0 Å². The number of methoxy groups -OCH3 is 1. The van der Waals surface area contributed by atoms with Crippen molar-refractivity contribution in [3.8, 4) is 0 Å². The molecule has 0 aliphatic carbocycles. The molecule has 0 aromatic heterocycles. The van der Waals surface area contributed by atoms with Crippen LogP contribution in [0.4, 0.5) is 8.78 Å². The van der Waals surface area contributed by atoms with Crippen LogP contribution in [0.1, 0.15) is 18.0 Å². The van der Waals surface area contributed by atoms with Crippen molar-refractivity contribution in [3.05, 3.63) is 35.4 Å². The maximum absolute atomic E-state index is 13.8. The Balaban J connectivity index is 2.66. The van der Waals surface area contributed by atoms with Crippen LogP contribution in [0.2, 0.25) is 0 Å². The third-order valence-corrected chi connectivity index (χ3v) is 3.47. The van der Waals surface area contributed by atoms with Crippen molar-refractivity contribution in [3.63, 3.8) is 0 Å². The van der Waals surface area contributed by atoms with Crippen LogP contribution >= 0.6 is 0 Å². The smallest absolute Gasteiger partial charge is 0.163 e. The van der Waals surface area contributed by atoms with E-state index < -0.39 is 11.6 Å². The zero-order chi connectivity index (χ0) is 15.7. The first-order valence-electron chi connectivity index (χ1n) is 7.07. The van der Waals surface area contributed by atoms with Crippen LogP contribution in [-0.2, 0) is 4.74 Å². The van der Waals surface area contributed by atoms with Gasteiger partial charge in [-0.3, -0.25) is 4.90 Å². The number of benzene rings is 1. The average molecular weight is 302 g/mol. The number of aliphatic hydroxyl groups excluding tert-OH is 1. The van der Waals surface area contributed by atoms with E-state index in [1.165, 1.54) is 6.07 Å². The fourth-order valence-electron chi connectivity index (χ4n) is 2.25. The van der Waals surface area contributed by atoms with E-state index in [1.807, 2.05) is 4.90 Å². The first kappa shape index (κ1) is 18.0. The number of aliphatic hydroxyl groups is 1. The van der Waals surface area contributed by atoms with E-state index >= 15 is 0 Å².